The highest BCUT2D eigenvalue weighted by Gasteiger charge is 2.20. The van der Waals surface area contributed by atoms with E-state index in [9.17, 15) is 0 Å². The van der Waals surface area contributed by atoms with E-state index in [2.05, 4.69) is 22.4 Å². The van der Waals surface area contributed by atoms with Crippen LogP contribution in [0, 0.1) is 0 Å². The first-order valence-corrected chi connectivity index (χ1v) is 6.19. The first kappa shape index (κ1) is 11.2. The molecule has 0 aliphatic carbocycles. The Morgan fingerprint density at radius 2 is 2.39 bits per heavy atom. The number of aromatic nitrogens is 2. The minimum absolute atomic E-state index is 0.0630. The van der Waals surface area contributed by atoms with Gasteiger partial charge >= 0.3 is 0 Å². The van der Waals surface area contributed by atoms with Gasteiger partial charge in [0.1, 0.15) is 16.8 Å². The standard InChI is InChI=1S/C13H13N3OS/c1-9-13(18)15-11-6-10(2-3-12(11)17-9)7-16-5-4-14-8-16/h2-6,8-9H,7H2,1H3,(H,15,18). The van der Waals surface area contributed by atoms with Crippen LogP contribution in [-0.4, -0.2) is 20.6 Å². The average Bonchev–Trinajstić information content (AvgIpc) is 2.84. The normalized spacial score (nSPS) is 17.8. The van der Waals surface area contributed by atoms with Crippen molar-refractivity contribution in [3.8, 4) is 5.75 Å². The molecule has 0 saturated heterocycles. The van der Waals surface area contributed by atoms with Gasteiger partial charge in [-0.2, -0.15) is 0 Å². The molecule has 1 unspecified atom stereocenters. The van der Waals surface area contributed by atoms with Crippen molar-refractivity contribution >= 4 is 22.9 Å². The fourth-order valence-corrected chi connectivity index (χ4v) is 2.10. The molecule has 1 aliphatic heterocycles. The lowest BCUT2D eigenvalue weighted by Gasteiger charge is -2.25. The maximum absolute atomic E-state index is 5.71. The number of hydrogen-bond acceptors (Lipinski definition) is 3. The molecule has 4 nitrogen and oxygen atoms in total. The summed E-state index contributed by atoms with van der Waals surface area (Å²) in [5.74, 6) is 0.852. The molecule has 1 aromatic carbocycles. The van der Waals surface area contributed by atoms with Crippen LogP contribution in [0.25, 0.3) is 0 Å². The third-order valence-corrected chi connectivity index (χ3v) is 3.33. The summed E-state index contributed by atoms with van der Waals surface area (Å²) >= 11 is 5.21. The Morgan fingerprint density at radius 3 is 3.17 bits per heavy atom. The topological polar surface area (TPSA) is 39.1 Å². The third kappa shape index (κ3) is 2.09. The predicted molar refractivity (Wildman–Crippen MR) is 74.1 cm³/mol. The summed E-state index contributed by atoms with van der Waals surface area (Å²) in [6, 6.07) is 6.10. The summed E-state index contributed by atoms with van der Waals surface area (Å²) in [4.78, 5) is 4.75. The smallest absolute Gasteiger partial charge is 0.146 e. The van der Waals surface area contributed by atoms with Crippen molar-refractivity contribution in [2.75, 3.05) is 5.32 Å². The number of benzene rings is 1. The first-order chi connectivity index (χ1) is 8.72. The van der Waals surface area contributed by atoms with E-state index in [4.69, 9.17) is 17.0 Å². The van der Waals surface area contributed by atoms with Crippen molar-refractivity contribution in [3.63, 3.8) is 0 Å². The van der Waals surface area contributed by atoms with Crippen molar-refractivity contribution in [3.05, 3.63) is 42.5 Å². The summed E-state index contributed by atoms with van der Waals surface area (Å²) < 4.78 is 7.73. The molecule has 0 bridgehead atoms. The molecule has 3 rings (SSSR count). The van der Waals surface area contributed by atoms with Gasteiger partial charge in [-0.3, -0.25) is 0 Å². The Morgan fingerprint density at radius 1 is 1.50 bits per heavy atom. The van der Waals surface area contributed by atoms with Gasteiger partial charge in [0, 0.05) is 18.9 Å². The van der Waals surface area contributed by atoms with Crippen LogP contribution in [0.15, 0.2) is 36.9 Å². The van der Waals surface area contributed by atoms with Gasteiger partial charge in [-0.15, -0.1) is 0 Å². The maximum Gasteiger partial charge on any atom is 0.146 e. The predicted octanol–water partition coefficient (Wildman–Crippen LogP) is 2.45. The van der Waals surface area contributed by atoms with Gasteiger partial charge in [0.2, 0.25) is 0 Å². The number of anilines is 1. The van der Waals surface area contributed by atoms with Gasteiger partial charge < -0.3 is 14.6 Å². The van der Waals surface area contributed by atoms with Crippen LogP contribution in [0.4, 0.5) is 5.69 Å². The fourth-order valence-electron chi connectivity index (χ4n) is 1.95. The molecule has 0 radical (unpaired) electrons. The number of rotatable bonds is 2. The Kier molecular flexibility index (Phi) is 2.76. The zero-order valence-electron chi connectivity index (χ0n) is 9.96. The highest BCUT2D eigenvalue weighted by Crippen LogP contribution is 2.30. The van der Waals surface area contributed by atoms with E-state index >= 15 is 0 Å². The van der Waals surface area contributed by atoms with E-state index in [1.165, 1.54) is 5.56 Å². The molecule has 0 saturated carbocycles. The second-order valence-corrected chi connectivity index (χ2v) is 4.75. The maximum atomic E-state index is 5.71. The van der Waals surface area contributed by atoms with Crippen molar-refractivity contribution in [1.82, 2.24) is 9.55 Å². The molecule has 1 aliphatic rings. The highest BCUT2D eigenvalue weighted by atomic mass is 32.1. The molecule has 2 aromatic rings. The SMILES string of the molecule is CC1Oc2ccc(Cn3ccnc3)cc2NC1=S. The van der Waals surface area contributed by atoms with Gasteiger partial charge in [-0.05, 0) is 24.6 Å². The molecule has 0 spiro atoms. The lowest BCUT2D eigenvalue weighted by Crippen LogP contribution is -2.32. The lowest BCUT2D eigenvalue weighted by atomic mass is 10.1. The molecular weight excluding hydrogens is 246 g/mol. The fraction of sp³-hybridized carbons (Fsp3) is 0.231. The van der Waals surface area contributed by atoms with Gasteiger partial charge in [0.05, 0.1) is 12.0 Å². The molecule has 0 amide bonds. The molecule has 92 valence electrons. The highest BCUT2D eigenvalue weighted by molar-refractivity contribution is 7.80. The van der Waals surface area contributed by atoms with Crippen LogP contribution in [0.2, 0.25) is 0 Å². The third-order valence-electron chi connectivity index (χ3n) is 2.90. The van der Waals surface area contributed by atoms with Gasteiger partial charge in [0.25, 0.3) is 0 Å². The second-order valence-electron chi connectivity index (χ2n) is 4.31. The Hall–Kier alpha value is -1.88. The van der Waals surface area contributed by atoms with Crippen molar-refractivity contribution in [1.29, 1.82) is 0 Å². The Balaban J connectivity index is 1.87. The molecular formula is C13H13N3OS. The largest absolute Gasteiger partial charge is 0.481 e. The lowest BCUT2D eigenvalue weighted by molar-refractivity contribution is 0.285. The van der Waals surface area contributed by atoms with E-state index < -0.39 is 0 Å². The summed E-state index contributed by atoms with van der Waals surface area (Å²) in [7, 11) is 0. The van der Waals surface area contributed by atoms with Crippen LogP contribution in [0.5, 0.6) is 5.75 Å². The summed E-state index contributed by atoms with van der Waals surface area (Å²) in [6.07, 6.45) is 5.45. The minimum Gasteiger partial charge on any atom is -0.481 e. The van der Waals surface area contributed by atoms with E-state index in [0.717, 1.165) is 23.0 Å². The minimum atomic E-state index is -0.0630. The molecule has 1 N–H and O–H groups in total. The average molecular weight is 259 g/mol. The summed E-state index contributed by atoms with van der Waals surface area (Å²) in [6.45, 7) is 2.73. The molecule has 2 heterocycles. The Bertz CT molecular complexity index is 580. The van der Waals surface area contributed by atoms with E-state index in [-0.39, 0.29) is 6.10 Å². The van der Waals surface area contributed by atoms with Crippen LogP contribution in [-0.2, 0) is 6.54 Å². The molecule has 0 fully saturated rings. The zero-order chi connectivity index (χ0) is 12.5. The number of hydrogen-bond donors (Lipinski definition) is 1. The second kappa shape index (κ2) is 4.42. The number of ether oxygens (including phenoxy) is 1. The Labute approximate surface area is 111 Å². The van der Waals surface area contributed by atoms with Crippen molar-refractivity contribution in [2.45, 2.75) is 19.6 Å². The van der Waals surface area contributed by atoms with Crippen LogP contribution < -0.4 is 10.1 Å². The molecule has 1 aromatic heterocycles. The van der Waals surface area contributed by atoms with Crippen LogP contribution in [0.3, 0.4) is 0 Å². The molecule has 18 heavy (non-hydrogen) atoms. The summed E-state index contributed by atoms with van der Waals surface area (Å²) in [5, 5.41) is 3.21. The molecule has 1 atom stereocenters. The number of thiocarbonyl (C=S) groups is 1. The van der Waals surface area contributed by atoms with E-state index in [1.54, 1.807) is 12.5 Å². The monoisotopic (exact) mass is 259 g/mol. The molecule has 5 heteroatoms. The van der Waals surface area contributed by atoms with Crippen LogP contribution in [0.1, 0.15) is 12.5 Å². The van der Waals surface area contributed by atoms with E-state index in [0.29, 0.717) is 0 Å². The first-order valence-electron chi connectivity index (χ1n) is 5.78. The quantitative estimate of drug-likeness (QED) is 0.841. The van der Waals surface area contributed by atoms with Gasteiger partial charge in [-0.1, -0.05) is 18.3 Å². The van der Waals surface area contributed by atoms with E-state index in [1.807, 2.05) is 23.8 Å². The number of imidazole rings is 1. The number of fused-ring (bicyclic) bond motifs is 1. The van der Waals surface area contributed by atoms with Crippen molar-refractivity contribution < 1.29 is 4.74 Å². The summed E-state index contributed by atoms with van der Waals surface area (Å²) in [5.41, 5.74) is 2.12. The van der Waals surface area contributed by atoms with Crippen molar-refractivity contribution in [2.24, 2.45) is 0 Å². The van der Waals surface area contributed by atoms with Gasteiger partial charge in [-0.25, -0.2) is 4.98 Å². The number of nitrogens with one attached hydrogen (secondary N) is 1. The zero-order valence-corrected chi connectivity index (χ0v) is 10.8. The number of nitrogens with zero attached hydrogens (tertiary/aromatic N) is 2. The van der Waals surface area contributed by atoms with Gasteiger partial charge in [0.15, 0.2) is 0 Å². The van der Waals surface area contributed by atoms with Crippen LogP contribution >= 0.6 is 12.2 Å².